The molecule has 5 aromatic rings. The summed E-state index contributed by atoms with van der Waals surface area (Å²) in [5.74, 6) is 4.96. The average Bonchev–Trinajstić information content (AvgIpc) is 3.45. The van der Waals surface area contributed by atoms with Crippen molar-refractivity contribution in [2.75, 3.05) is 43.4 Å². The lowest BCUT2D eigenvalue weighted by Crippen LogP contribution is -2.44. The van der Waals surface area contributed by atoms with E-state index in [4.69, 9.17) is 4.98 Å². The number of anilines is 3. The van der Waals surface area contributed by atoms with Crippen LogP contribution in [0, 0.1) is 0 Å². The molecule has 3 aromatic heterocycles. The number of benzene rings is 2. The number of aromatic nitrogens is 5. The van der Waals surface area contributed by atoms with Crippen LogP contribution in [0.5, 0.6) is 0 Å². The lowest BCUT2D eigenvalue weighted by Gasteiger charge is -2.34. The van der Waals surface area contributed by atoms with Gasteiger partial charge in [0.05, 0.1) is 12.1 Å². The SMILES string of the molecule is C=S(=O)(c1cccc(Cn2c(=O)c(-c3nccn3C)cc3cnc(Nc4ccc(N5CCN(C)CC5)cc4)nc32)c1)C(C)C. The Labute approximate surface area is 258 Å². The molecule has 0 aliphatic carbocycles. The summed E-state index contributed by atoms with van der Waals surface area (Å²) in [4.78, 5) is 33.3. The molecule has 1 N–H and O–H groups in total. The number of hydrogen-bond acceptors (Lipinski definition) is 8. The van der Waals surface area contributed by atoms with Crippen molar-refractivity contribution in [3.63, 3.8) is 0 Å². The average molecular weight is 611 g/mol. The van der Waals surface area contributed by atoms with E-state index in [1.807, 2.05) is 68.1 Å². The molecule has 1 fully saturated rings. The Balaban J connectivity index is 1.38. The highest BCUT2D eigenvalue weighted by Crippen LogP contribution is 2.24. The fraction of sp³-hybridized carbons (Fsp3) is 0.303. The van der Waals surface area contributed by atoms with Crippen molar-refractivity contribution in [1.29, 1.82) is 0 Å². The third-order valence-electron chi connectivity index (χ3n) is 8.28. The number of hydrogen-bond donors (Lipinski definition) is 1. The summed E-state index contributed by atoms with van der Waals surface area (Å²) in [6.45, 7) is 8.13. The molecule has 0 bridgehead atoms. The smallest absolute Gasteiger partial charge is 0.263 e. The van der Waals surface area contributed by atoms with Crippen molar-refractivity contribution in [2.24, 2.45) is 7.05 Å². The van der Waals surface area contributed by atoms with Crippen LogP contribution in [0.15, 0.2) is 82.9 Å². The Morgan fingerprint density at radius 1 is 1.00 bits per heavy atom. The topological polar surface area (TPSA) is 101 Å². The van der Waals surface area contributed by atoms with Gasteiger partial charge in [-0.15, -0.1) is 0 Å². The number of imidazole rings is 1. The molecule has 0 amide bonds. The standard InChI is InChI=1S/C33H38N8O2S/c1-23(2)44(5,43)28-8-6-7-24(19-28)22-41-30-25(20-29(32(41)42)31-34-13-14-39(31)4)21-35-33(37-30)36-26-9-11-27(12-10-26)40-17-15-38(3)16-18-40/h6-14,19-21,23H,5,15-18,22H2,1-4H3,(H,35,36,37). The van der Waals surface area contributed by atoms with Gasteiger partial charge >= 0.3 is 0 Å². The van der Waals surface area contributed by atoms with Crippen LogP contribution < -0.4 is 15.8 Å². The zero-order valence-corrected chi connectivity index (χ0v) is 26.4. The Bertz CT molecular complexity index is 1970. The summed E-state index contributed by atoms with van der Waals surface area (Å²) in [6.07, 6.45) is 5.20. The van der Waals surface area contributed by atoms with E-state index in [1.165, 1.54) is 5.69 Å². The molecule has 44 heavy (non-hydrogen) atoms. The quantitative estimate of drug-likeness (QED) is 0.261. The van der Waals surface area contributed by atoms with E-state index < -0.39 is 9.52 Å². The van der Waals surface area contributed by atoms with Gasteiger partial charge in [0, 0.05) is 78.7 Å². The van der Waals surface area contributed by atoms with Crippen LogP contribution in [0.25, 0.3) is 22.4 Å². The Hall–Kier alpha value is -4.48. The van der Waals surface area contributed by atoms with Crippen LogP contribution in [-0.2, 0) is 23.1 Å². The van der Waals surface area contributed by atoms with Crippen molar-refractivity contribution < 1.29 is 4.21 Å². The van der Waals surface area contributed by atoms with Crippen LogP contribution >= 0.6 is 0 Å². The number of rotatable bonds is 8. The molecule has 0 spiro atoms. The summed E-state index contributed by atoms with van der Waals surface area (Å²) in [5, 5.41) is 3.90. The van der Waals surface area contributed by atoms with Gasteiger partial charge in [-0.05, 0) is 70.5 Å². The Kier molecular flexibility index (Phi) is 8.00. The van der Waals surface area contributed by atoms with Crippen molar-refractivity contribution >= 4 is 43.7 Å². The minimum absolute atomic E-state index is 0.120. The molecule has 1 atom stereocenters. The highest BCUT2D eigenvalue weighted by molar-refractivity contribution is 8.00. The molecule has 11 heteroatoms. The zero-order valence-electron chi connectivity index (χ0n) is 25.6. The maximum absolute atomic E-state index is 14.1. The molecule has 10 nitrogen and oxygen atoms in total. The highest BCUT2D eigenvalue weighted by atomic mass is 32.2. The van der Waals surface area contributed by atoms with Crippen LogP contribution in [0.3, 0.4) is 0 Å². The van der Waals surface area contributed by atoms with Crippen molar-refractivity contribution in [2.45, 2.75) is 30.5 Å². The number of aryl methyl sites for hydroxylation is 1. The van der Waals surface area contributed by atoms with E-state index in [0.29, 0.717) is 33.3 Å². The van der Waals surface area contributed by atoms with Crippen LogP contribution in [0.2, 0.25) is 0 Å². The van der Waals surface area contributed by atoms with Gasteiger partial charge in [-0.2, -0.15) is 4.98 Å². The summed E-state index contributed by atoms with van der Waals surface area (Å²) < 4.78 is 16.8. The molecular weight excluding hydrogens is 572 g/mol. The second-order valence-electron chi connectivity index (χ2n) is 11.7. The Morgan fingerprint density at radius 3 is 2.43 bits per heavy atom. The van der Waals surface area contributed by atoms with Gasteiger partial charge in [0.25, 0.3) is 5.56 Å². The van der Waals surface area contributed by atoms with Gasteiger partial charge in [0.1, 0.15) is 11.5 Å². The highest BCUT2D eigenvalue weighted by Gasteiger charge is 2.19. The molecule has 2 aromatic carbocycles. The van der Waals surface area contributed by atoms with Gasteiger partial charge in [0.2, 0.25) is 5.95 Å². The molecule has 1 aliphatic rings. The van der Waals surface area contributed by atoms with Gasteiger partial charge < -0.3 is 19.7 Å². The molecule has 1 unspecified atom stereocenters. The first-order valence-corrected chi connectivity index (χ1v) is 16.5. The molecule has 0 saturated carbocycles. The van der Waals surface area contributed by atoms with Crippen molar-refractivity contribution in [1.82, 2.24) is 29.0 Å². The summed E-state index contributed by atoms with van der Waals surface area (Å²) in [6, 6.07) is 17.6. The first kappa shape index (κ1) is 29.6. The maximum atomic E-state index is 14.1. The van der Waals surface area contributed by atoms with E-state index in [9.17, 15) is 9.00 Å². The van der Waals surface area contributed by atoms with Gasteiger partial charge in [-0.25, -0.2) is 9.97 Å². The third-order valence-corrected chi connectivity index (χ3v) is 10.9. The predicted molar refractivity (Wildman–Crippen MR) is 180 cm³/mol. The maximum Gasteiger partial charge on any atom is 0.263 e. The van der Waals surface area contributed by atoms with E-state index in [-0.39, 0.29) is 17.4 Å². The fourth-order valence-corrected chi connectivity index (χ4v) is 6.62. The van der Waals surface area contributed by atoms with E-state index >= 15 is 0 Å². The summed E-state index contributed by atoms with van der Waals surface area (Å²) in [5.41, 5.74) is 3.58. The molecule has 228 valence electrons. The molecule has 6 rings (SSSR count). The van der Waals surface area contributed by atoms with Crippen LogP contribution in [0.1, 0.15) is 19.4 Å². The van der Waals surface area contributed by atoms with Crippen LogP contribution in [-0.4, -0.2) is 77.5 Å². The van der Waals surface area contributed by atoms with Gasteiger partial charge in [-0.3, -0.25) is 13.6 Å². The van der Waals surface area contributed by atoms with Crippen molar-refractivity contribution in [3.05, 3.63) is 89.1 Å². The summed E-state index contributed by atoms with van der Waals surface area (Å²) >= 11 is 0. The number of nitrogens with one attached hydrogen (secondary N) is 1. The van der Waals surface area contributed by atoms with Crippen LogP contribution in [0.4, 0.5) is 17.3 Å². The van der Waals surface area contributed by atoms with Crippen molar-refractivity contribution in [3.8, 4) is 11.4 Å². The lowest BCUT2D eigenvalue weighted by molar-refractivity contribution is 0.313. The minimum atomic E-state index is -2.49. The predicted octanol–water partition coefficient (Wildman–Crippen LogP) is 4.22. The molecule has 4 heterocycles. The van der Waals surface area contributed by atoms with E-state index in [1.54, 1.807) is 23.0 Å². The summed E-state index contributed by atoms with van der Waals surface area (Å²) in [7, 11) is 1.52. The van der Waals surface area contributed by atoms with Gasteiger partial charge in [-0.1, -0.05) is 26.0 Å². The lowest BCUT2D eigenvalue weighted by atomic mass is 10.1. The molecule has 1 saturated heterocycles. The van der Waals surface area contributed by atoms with E-state index in [2.05, 4.69) is 50.1 Å². The molecular formula is C33H38N8O2S. The number of nitrogens with zero attached hydrogens (tertiary/aromatic N) is 7. The largest absolute Gasteiger partial charge is 0.369 e. The second kappa shape index (κ2) is 11.9. The number of likely N-dealkylation sites (N-methyl/N-ethyl adjacent to an activating group) is 1. The second-order valence-corrected chi connectivity index (χ2v) is 14.5. The number of pyridine rings is 1. The first-order valence-electron chi connectivity index (χ1n) is 14.7. The molecule has 1 aliphatic heterocycles. The monoisotopic (exact) mass is 610 g/mol. The van der Waals surface area contributed by atoms with Gasteiger partial charge in [0.15, 0.2) is 0 Å². The Morgan fingerprint density at radius 2 is 1.75 bits per heavy atom. The van der Waals surface area contributed by atoms with E-state index in [0.717, 1.165) is 37.4 Å². The molecule has 0 radical (unpaired) electrons. The first-order chi connectivity index (χ1) is 21.1. The minimum Gasteiger partial charge on any atom is -0.369 e. The zero-order chi connectivity index (χ0) is 31.0. The number of piperazine rings is 1. The number of fused-ring (bicyclic) bond motifs is 1. The normalized spacial score (nSPS) is 15.5. The third kappa shape index (κ3) is 5.85. The fourth-order valence-electron chi connectivity index (χ4n) is 5.41.